The first-order valence-corrected chi connectivity index (χ1v) is 8.91. The van der Waals surface area contributed by atoms with E-state index in [1.165, 1.54) is 12.1 Å². The number of halogens is 1. The van der Waals surface area contributed by atoms with E-state index in [1.54, 1.807) is 37.3 Å². The van der Waals surface area contributed by atoms with E-state index in [0.29, 0.717) is 33.5 Å². The fourth-order valence-electron chi connectivity index (χ4n) is 2.31. The van der Waals surface area contributed by atoms with Gasteiger partial charge in [-0.25, -0.2) is 9.59 Å². The van der Waals surface area contributed by atoms with Crippen molar-refractivity contribution < 1.29 is 29.3 Å². The van der Waals surface area contributed by atoms with Gasteiger partial charge in [-0.1, -0.05) is 28.1 Å². The molecule has 0 saturated heterocycles. The number of hydrogen-bond donors (Lipinski definition) is 2. The SMILES string of the molecule is CCOc1cc(C=C(C#N)c2ccc(C(=O)O)cc2)c(Br)cc1OCC(=O)O. The Kier molecular flexibility index (Phi) is 7.18. The number of hydrogen-bond acceptors (Lipinski definition) is 5. The Bertz CT molecular complexity index is 960. The highest BCUT2D eigenvalue weighted by atomic mass is 79.9. The van der Waals surface area contributed by atoms with E-state index >= 15 is 0 Å². The standard InChI is InChI=1S/C20H16BrNO6/c1-2-27-17-8-14(16(21)9-18(17)28-11-19(23)24)7-15(10-22)12-3-5-13(6-4-12)20(25)26/h3-9H,2,11H2,1H3,(H,23,24)(H,25,26). The van der Waals surface area contributed by atoms with Crippen LogP contribution in [0.15, 0.2) is 40.9 Å². The molecule has 0 radical (unpaired) electrons. The zero-order valence-corrected chi connectivity index (χ0v) is 16.4. The molecule has 2 aromatic carbocycles. The van der Waals surface area contributed by atoms with Gasteiger partial charge in [-0.15, -0.1) is 0 Å². The molecule has 0 aromatic heterocycles. The average Bonchev–Trinajstić information content (AvgIpc) is 2.67. The Morgan fingerprint density at radius 3 is 2.25 bits per heavy atom. The van der Waals surface area contributed by atoms with Gasteiger partial charge < -0.3 is 19.7 Å². The molecule has 8 heteroatoms. The van der Waals surface area contributed by atoms with E-state index in [2.05, 4.69) is 22.0 Å². The smallest absolute Gasteiger partial charge is 0.341 e. The van der Waals surface area contributed by atoms with Gasteiger partial charge in [0.2, 0.25) is 0 Å². The van der Waals surface area contributed by atoms with Gasteiger partial charge in [-0.2, -0.15) is 5.26 Å². The van der Waals surface area contributed by atoms with Crippen molar-refractivity contribution in [3.63, 3.8) is 0 Å². The van der Waals surface area contributed by atoms with Crippen molar-refractivity contribution >= 4 is 39.5 Å². The van der Waals surface area contributed by atoms with Crippen molar-refractivity contribution in [2.45, 2.75) is 6.92 Å². The minimum Gasteiger partial charge on any atom is -0.490 e. The van der Waals surface area contributed by atoms with Crippen molar-refractivity contribution in [3.05, 3.63) is 57.6 Å². The highest BCUT2D eigenvalue weighted by molar-refractivity contribution is 9.10. The van der Waals surface area contributed by atoms with Crippen LogP contribution in [0.5, 0.6) is 11.5 Å². The van der Waals surface area contributed by atoms with Gasteiger partial charge >= 0.3 is 11.9 Å². The number of nitrogens with zero attached hydrogens (tertiary/aromatic N) is 1. The second-order valence-corrected chi connectivity index (χ2v) is 6.34. The summed E-state index contributed by atoms with van der Waals surface area (Å²) in [4.78, 5) is 21.7. The molecule has 2 aromatic rings. The maximum atomic E-state index is 11.0. The molecular formula is C20H16BrNO6. The summed E-state index contributed by atoms with van der Waals surface area (Å²) in [6.45, 7) is 1.61. The van der Waals surface area contributed by atoms with Gasteiger partial charge in [0.05, 0.1) is 23.8 Å². The lowest BCUT2D eigenvalue weighted by Crippen LogP contribution is -2.10. The van der Waals surface area contributed by atoms with E-state index in [4.69, 9.17) is 19.7 Å². The monoisotopic (exact) mass is 445 g/mol. The van der Waals surface area contributed by atoms with Crippen LogP contribution in [-0.4, -0.2) is 35.4 Å². The molecule has 0 aliphatic heterocycles. The summed E-state index contributed by atoms with van der Waals surface area (Å²) in [6, 6.07) is 11.3. The first-order chi connectivity index (χ1) is 13.3. The van der Waals surface area contributed by atoms with E-state index in [-0.39, 0.29) is 11.3 Å². The number of rotatable bonds is 8. The molecule has 0 spiro atoms. The van der Waals surface area contributed by atoms with Gasteiger partial charge in [0, 0.05) is 4.47 Å². The average molecular weight is 446 g/mol. The van der Waals surface area contributed by atoms with Gasteiger partial charge in [0.15, 0.2) is 18.1 Å². The van der Waals surface area contributed by atoms with E-state index in [0.717, 1.165) is 0 Å². The maximum absolute atomic E-state index is 11.0. The van der Waals surface area contributed by atoms with Crippen LogP contribution in [0.3, 0.4) is 0 Å². The fourth-order valence-corrected chi connectivity index (χ4v) is 2.75. The Balaban J connectivity index is 2.43. The molecule has 0 atom stereocenters. The van der Waals surface area contributed by atoms with Crippen molar-refractivity contribution in [2.75, 3.05) is 13.2 Å². The Morgan fingerprint density at radius 1 is 1.11 bits per heavy atom. The van der Waals surface area contributed by atoms with E-state index in [1.807, 2.05) is 0 Å². The van der Waals surface area contributed by atoms with Crippen LogP contribution in [-0.2, 0) is 4.79 Å². The molecule has 0 saturated carbocycles. The topological polar surface area (TPSA) is 117 Å². The molecule has 0 amide bonds. The first kappa shape index (κ1) is 21.0. The van der Waals surface area contributed by atoms with E-state index in [9.17, 15) is 14.9 Å². The van der Waals surface area contributed by atoms with Crippen molar-refractivity contribution in [2.24, 2.45) is 0 Å². The summed E-state index contributed by atoms with van der Waals surface area (Å²) in [5, 5.41) is 27.3. The van der Waals surface area contributed by atoms with Gasteiger partial charge in [0.25, 0.3) is 0 Å². The molecule has 0 aliphatic rings. The Hall–Kier alpha value is -3.31. The van der Waals surface area contributed by atoms with Gasteiger partial charge in [0.1, 0.15) is 0 Å². The number of carboxylic acids is 2. The molecule has 144 valence electrons. The third-order valence-electron chi connectivity index (χ3n) is 3.58. The Morgan fingerprint density at radius 2 is 1.71 bits per heavy atom. The molecule has 0 aliphatic carbocycles. The maximum Gasteiger partial charge on any atom is 0.341 e. The van der Waals surface area contributed by atoms with Crippen LogP contribution in [0, 0.1) is 11.3 Å². The summed E-state index contributed by atoms with van der Waals surface area (Å²) in [5.74, 6) is -1.55. The molecule has 0 unspecified atom stereocenters. The van der Waals surface area contributed by atoms with Crippen LogP contribution >= 0.6 is 15.9 Å². The summed E-state index contributed by atoms with van der Waals surface area (Å²) < 4.78 is 11.3. The molecule has 0 heterocycles. The zero-order chi connectivity index (χ0) is 20.7. The third-order valence-corrected chi connectivity index (χ3v) is 4.26. The number of allylic oxidation sites excluding steroid dienone is 1. The van der Waals surface area contributed by atoms with Crippen LogP contribution in [0.25, 0.3) is 11.6 Å². The lowest BCUT2D eigenvalue weighted by Gasteiger charge is -2.13. The first-order valence-electron chi connectivity index (χ1n) is 8.12. The van der Waals surface area contributed by atoms with Crippen molar-refractivity contribution in [1.29, 1.82) is 5.26 Å². The number of aromatic carboxylic acids is 1. The minimum absolute atomic E-state index is 0.126. The van der Waals surface area contributed by atoms with Gasteiger partial charge in [-0.3, -0.25) is 0 Å². The second-order valence-electron chi connectivity index (χ2n) is 5.49. The normalized spacial score (nSPS) is 10.8. The number of ether oxygens (including phenoxy) is 2. The second kappa shape index (κ2) is 9.58. The molecule has 0 fully saturated rings. The number of aliphatic carboxylic acids is 1. The lowest BCUT2D eigenvalue weighted by atomic mass is 10.0. The van der Waals surface area contributed by atoms with Gasteiger partial charge in [-0.05, 0) is 48.4 Å². The van der Waals surface area contributed by atoms with Crippen molar-refractivity contribution in [3.8, 4) is 17.6 Å². The highest BCUT2D eigenvalue weighted by Gasteiger charge is 2.13. The third kappa shape index (κ3) is 5.34. The predicted molar refractivity (Wildman–Crippen MR) is 105 cm³/mol. The van der Waals surface area contributed by atoms with Crippen molar-refractivity contribution in [1.82, 2.24) is 0 Å². The van der Waals surface area contributed by atoms with Crippen LogP contribution in [0.1, 0.15) is 28.4 Å². The molecule has 0 bridgehead atoms. The number of carboxylic acid groups (broad SMARTS) is 2. The molecule has 2 N–H and O–H groups in total. The van der Waals surface area contributed by atoms with Crippen LogP contribution < -0.4 is 9.47 Å². The predicted octanol–water partition coefficient (Wildman–Crippen LogP) is 4.07. The molecule has 28 heavy (non-hydrogen) atoms. The molecular weight excluding hydrogens is 430 g/mol. The lowest BCUT2D eigenvalue weighted by molar-refractivity contribution is -0.139. The summed E-state index contributed by atoms with van der Waals surface area (Å²) >= 11 is 3.39. The summed E-state index contributed by atoms with van der Waals surface area (Å²) in [5.41, 5.74) is 1.62. The molecule has 2 rings (SSSR count). The number of benzene rings is 2. The Labute approximate surface area is 169 Å². The quantitative estimate of drug-likeness (QED) is 0.464. The number of nitriles is 1. The highest BCUT2D eigenvalue weighted by Crippen LogP contribution is 2.35. The largest absolute Gasteiger partial charge is 0.490 e. The summed E-state index contributed by atoms with van der Waals surface area (Å²) in [6.07, 6.45) is 1.61. The van der Waals surface area contributed by atoms with Crippen LogP contribution in [0.2, 0.25) is 0 Å². The number of carbonyl (C=O) groups is 2. The zero-order valence-electron chi connectivity index (χ0n) is 14.8. The molecule has 7 nitrogen and oxygen atoms in total. The van der Waals surface area contributed by atoms with Crippen LogP contribution in [0.4, 0.5) is 0 Å². The fraction of sp³-hybridized carbons (Fsp3) is 0.150. The minimum atomic E-state index is -1.11. The van der Waals surface area contributed by atoms with E-state index < -0.39 is 18.5 Å². The summed E-state index contributed by atoms with van der Waals surface area (Å²) in [7, 11) is 0.